The van der Waals surface area contributed by atoms with E-state index in [0.29, 0.717) is 11.4 Å². The Morgan fingerprint density at radius 3 is 2.68 bits per heavy atom. The first-order valence-electron chi connectivity index (χ1n) is 6.69. The van der Waals surface area contributed by atoms with Gasteiger partial charge in [-0.1, -0.05) is 22.6 Å². The highest BCUT2D eigenvalue weighted by atomic mass is 32.2. The maximum atomic E-state index is 12.1. The Hall–Kier alpha value is -1.61. The third-order valence-corrected chi connectivity index (χ3v) is 5.43. The van der Waals surface area contributed by atoms with Crippen molar-refractivity contribution < 1.29 is 13.2 Å². The number of ether oxygens (including phenoxy) is 1. The highest BCUT2D eigenvalue weighted by Crippen LogP contribution is 2.38. The van der Waals surface area contributed by atoms with Gasteiger partial charge >= 0.3 is 0 Å². The fourth-order valence-corrected chi connectivity index (χ4v) is 4.07. The van der Waals surface area contributed by atoms with Gasteiger partial charge in [-0.25, -0.2) is 8.42 Å². The maximum Gasteiger partial charge on any atom is 0.229 e. The van der Waals surface area contributed by atoms with Crippen LogP contribution in [0.5, 0.6) is 5.75 Å². The van der Waals surface area contributed by atoms with Gasteiger partial charge in [-0.15, -0.1) is 11.3 Å². The molecule has 1 aromatic heterocycles. The zero-order valence-electron chi connectivity index (χ0n) is 12.3. The van der Waals surface area contributed by atoms with Crippen molar-refractivity contribution in [3.63, 3.8) is 0 Å². The monoisotopic (exact) mass is 339 g/mol. The number of thiophene rings is 1. The summed E-state index contributed by atoms with van der Waals surface area (Å²) in [5.74, 6) is 0.626. The van der Waals surface area contributed by atoms with E-state index in [1.807, 2.05) is 41.8 Å². The summed E-state index contributed by atoms with van der Waals surface area (Å²) in [6.45, 7) is 0.222. The molecule has 1 saturated heterocycles. The van der Waals surface area contributed by atoms with Gasteiger partial charge in [0.05, 0.1) is 25.7 Å². The number of nitrogens with one attached hydrogen (secondary N) is 1. The fraction of sp³-hybridized carbons (Fsp3) is 0.286. The molecule has 6 nitrogen and oxygen atoms in total. The quantitative estimate of drug-likeness (QED) is 0.923. The summed E-state index contributed by atoms with van der Waals surface area (Å²) in [6, 6.07) is 11.3. The van der Waals surface area contributed by atoms with Crippen LogP contribution in [0.1, 0.15) is 11.0 Å². The lowest BCUT2D eigenvalue weighted by Crippen LogP contribution is -2.41. The van der Waals surface area contributed by atoms with Crippen molar-refractivity contribution >= 4 is 27.0 Å². The summed E-state index contributed by atoms with van der Waals surface area (Å²) in [7, 11) is -1.83. The lowest BCUT2D eigenvalue weighted by molar-refractivity contribution is 0.400. The molecule has 1 fully saturated rings. The summed E-state index contributed by atoms with van der Waals surface area (Å²) in [5.41, 5.74) is 0.707. The summed E-state index contributed by atoms with van der Waals surface area (Å²) >= 11 is 1.58. The summed E-state index contributed by atoms with van der Waals surface area (Å²) < 4.78 is 31.0. The van der Waals surface area contributed by atoms with Gasteiger partial charge in [-0.3, -0.25) is 10.3 Å². The molecule has 8 heteroatoms. The van der Waals surface area contributed by atoms with Gasteiger partial charge in [0.2, 0.25) is 10.0 Å². The number of anilines is 1. The smallest absolute Gasteiger partial charge is 0.229 e. The Morgan fingerprint density at radius 1 is 1.27 bits per heavy atom. The van der Waals surface area contributed by atoms with E-state index < -0.39 is 10.0 Å². The van der Waals surface area contributed by atoms with E-state index >= 15 is 0 Å². The SMILES string of the molecule is COc1ccccc1N1C(c2cccs2)NCN1S(C)(=O)=O. The minimum absolute atomic E-state index is 0.222. The van der Waals surface area contributed by atoms with Crippen LogP contribution in [0, 0.1) is 0 Å². The van der Waals surface area contributed by atoms with E-state index in [1.54, 1.807) is 23.5 Å². The molecule has 0 aliphatic carbocycles. The van der Waals surface area contributed by atoms with Crippen molar-refractivity contribution in [2.75, 3.05) is 25.0 Å². The first-order chi connectivity index (χ1) is 10.5. The number of sulfonamides is 1. The topological polar surface area (TPSA) is 61.9 Å². The van der Waals surface area contributed by atoms with Gasteiger partial charge in [0, 0.05) is 4.88 Å². The molecule has 0 radical (unpaired) electrons. The average Bonchev–Trinajstić information content (AvgIpc) is 3.15. The second-order valence-corrected chi connectivity index (χ2v) is 7.75. The van der Waals surface area contributed by atoms with Crippen molar-refractivity contribution in [2.24, 2.45) is 0 Å². The number of hydrogen-bond donors (Lipinski definition) is 1. The largest absolute Gasteiger partial charge is 0.495 e. The Morgan fingerprint density at radius 2 is 2.05 bits per heavy atom. The van der Waals surface area contributed by atoms with Crippen LogP contribution >= 0.6 is 11.3 Å². The molecule has 1 atom stereocenters. The van der Waals surface area contributed by atoms with Crippen molar-refractivity contribution in [1.29, 1.82) is 0 Å². The molecule has 118 valence electrons. The first kappa shape index (κ1) is 15.3. The summed E-state index contributed by atoms with van der Waals surface area (Å²) in [4.78, 5) is 1.04. The van der Waals surface area contributed by atoms with Crippen LogP contribution in [0.3, 0.4) is 0 Å². The normalized spacial score (nSPS) is 19.5. The zero-order valence-corrected chi connectivity index (χ0v) is 13.9. The van der Waals surface area contributed by atoms with E-state index in [4.69, 9.17) is 4.74 Å². The van der Waals surface area contributed by atoms with E-state index in [1.165, 1.54) is 10.7 Å². The highest BCUT2D eigenvalue weighted by Gasteiger charge is 2.39. The molecule has 0 saturated carbocycles. The second-order valence-electron chi connectivity index (χ2n) is 4.88. The third-order valence-electron chi connectivity index (χ3n) is 3.43. The lowest BCUT2D eigenvalue weighted by Gasteiger charge is -2.31. The van der Waals surface area contributed by atoms with Crippen molar-refractivity contribution in [3.8, 4) is 5.75 Å². The van der Waals surface area contributed by atoms with Gasteiger partial charge in [0.25, 0.3) is 0 Å². The van der Waals surface area contributed by atoms with Gasteiger partial charge < -0.3 is 4.74 Å². The molecule has 22 heavy (non-hydrogen) atoms. The summed E-state index contributed by atoms with van der Waals surface area (Å²) in [5, 5.41) is 6.95. The van der Waals surface area contributed by atoms with Gasteiger partial charge in [0.1, 0.15) is 11.9 Å². The number of methoxy groups -OCH3 is 1. The molecule has 1 aliphatic heterocycles. The Bertz CT molecular complexity index is 746. The molecule has 1 N–H and O–H groups in total. The van der Waals surface area contributed by atoms with Crippen molar-refractivity contribution in [3.05, 3.63) is 46.7 Å². The van der Waals surface area contributed by atoms with E-state index in [0.717, 1.165) is 4.88 Å². The van der Waals surface area contributed by atoms with Gasteiger partial charge in [-0.05, 0) is 23.6 Å². The van der Waals surface area contributed by atoms with E-state index in [-0.39, 0.29) is 12.8 Å². The predicted molar refractivity (Wildman–Crippen MR) is 87.2 cm³/mol. The minimum Gasteiger partial charge on any atom is -0.495 e. The Kier molecular flexibility index (Phi) is 4.09. The molecule has 0 bridgehead atoms. The average molecular weight is 339 g/mol. The maximum absolute atomic E-state index is 12.1. The number of hydrogen-bond acceptors (Lipinski definition) is 6. The number of para-hydroxylation sites is 2. The molecule has 2 aromatic rings. The second kappa shape index (κ2) is 5.88. The highest BCUT2D eigenvalue weighted by molar-refractivity contribution is 7.88. The van der Waals surface area contributed by atoms with Crippen LogP contribution < -0.4 is 15.1 Å². The molecule has 3 rings (SSSR count). The summed E-state index contributed by atoms with van der Waals surface area (Å²) in [6.07, 6.45) is 0.958. The van der Waals surface area contributed by atoms with E-state index in [2.05, 4.69) is 5.32 Å². The Labute approximate surface area is 133 Å². The molecular weight excluding hydrogens is 322 g/mol. The molecule has 1 aliphatic rings. The van der Waals surface area contributed by atoms with Crippen LogP contribution in [-0.4, -0.2) is 32.9 Å². The molecule has 1 unspecified atom stereocenters. The van der Waals surface area contributed by atoms with Gasteiger partial charge in [0.15, 0.2) is 0 Å². The molecule has 0 spiro atoms. The van der Waals surface area contributed by atoms with E-state index in [9.17, 15) is 8.42 Å². The number of hydrazine groups is 1. The fourth-order valence-electron chi connectivity index (χ4n) is 2.48. The van der Waals surface area contributed by atoms with Crippen LogP contribution in [0.15, 0.2) is 41.8 Å². The van der Waals surface area contributed by atoms with Gasteiger partial charge in [-0.2, -0.15) is 0 Å². The zero-order chi connectivity index (χ0) is 15.7. The van der Waals surface area contributed by atoms with Crippen LogP contribution in [0.25, 0.3) is 0 Å². The predicted octanol–water partition coefficient (Wildman–Crippen LogP) is 2.00. The number of nitrogens with zero attached hydrogens (tertiary/aromatic N) is 2. The molecule has 2 heterocycles. The molecule has 0 amide bonds. The standard InChI is InChI=1S/C14H17N3O3S2/c1-20-12-7-4-3-6-11(12)17-14(13-8-5-9-21-13)15-10-16(17)22(2,18)19/h3-9,14-15H,10H2,1-2H3. The first-order valence-corrected chi connectivity index (χ1v) is 9.42. The van der Waals surface area contributed by atoms with Crippen molar-refractivity contribution in [1.82, 2.24) is 9.73 Å². The van der Waals surface area contributed by atoms with Crippen LogP contribution in [0.2, 0.25) is 0 Å². The van der Waals surface area contributed by atoms with Crippen LogP contribution in [0.4, 0.5) is 5.69 Å². The number of rotatable bonds is 4. The lowest BCUT2D eigenvalue weighted by atomic mass is 10.2. The van der Waals surface area contributed by atoms with Crippen molar-refractivity contribution in [2.45, 2.75) is 6.17 Å². The van der Waals surface area contributed by atoms with Crippen LogP contribution in [-0.2, 0) is 10.0 Å². The minimum atomic E-state index is -3.40. The molecule has 1 aromatic carbocycles. The number of benzene rings is 1. The Balaban J connectivity index is 2.11. The molecular formula is C14H17N3O3S2. The third kappa shape index (κ3) is 2.70.